The third kappa shape index (κ3) is 1.14. The van der Waals surface area contributed by atoms with Gasteiger partial charge < -0.3 is 10.8 Å². The zero-order valence-electron chi connectivity index (χ0n) is 4.94. The first kappa shape index (κ1) is 7.15. The van der Waals surface area contributed by atoms with Gasteiger partial charge in [-0.25, -0.2) is 4.39 Å². The number of rotatable bonds is 0. The molecule has 0 bridgehead atoms. The third-order valence-electron chi connectivity index (χ3n) is 1.07. The van der Waals surface area contributed by atoms with Crippen molar-refractivity contribution in [3.63, 3.8) is 0 Å². The molecule has 3 N–H and O–H groups in total. The average Bonchev–Trinajstić information content (AvgIpc) is 1.84. The van der Waals surface area contributed by atoms with Crippen LogP contribution in [0.25, 0.3) is 0 Å². The number of phenols is 1. The van der Waals surface area contributed by atoms with E-state index in [1.807, 2.05) is 0 Å². The summed E-state index contributed by atoms with van der Waals surface area (Å²) >= 11 is 5.32. The number of hydrogen-bond acceptors (Lipinski definition) is 2. The molecular formula is C6H5ClFNO. The monoisotopic (exact) mass is 161 g/mol. The molecule has 1 aromatic rings. The van der Waals surface area contributed by atoms with Gasteiger partial charge in [0, 0.05) is 6.07 Å². The van der Waals surface area contributed by atoms with Crippen LogP contribution < -0.4 is 5.73 Å². The second-order valence-corrected chi connectivity index (χ2v) is 2.23. The number of phenolic OH excluding ortho intramolecular Hbond substituents is 1. The lowest BCUT2D eigenvalue weighted by atomic mass is 10.3. The Balaban J connectivity index is 3.28. The van der Waals surface area contributed by atoms with Gasteiger partial charge in [-0.1, -0.05) is 11.6 Å². The maximum Gasteiger partial charge on any atom is 0.145 e. The van der Waals surface area contributed by atoms with Gasteiger partial charge in [-0.2, -0.15) is 0 Å². The number of anilines is 1. The van der Waals surface area contributed by atoms with Gasteiger partial charge in [0.1, 0.15) is 11.6 Å². The predicted octanol–water partition coefficient (Wildman–Crippen LogP) is 1.77. The van der Waals surface area contributed by atoms with Gasteiger partial charge in [-0.15, -0.1) is 0 Å². The van der Waals surface area contributed by atoms with Gasteiger partial charge in [-0.3, -0.25) is 0 Å². The van der Waals surface area contributed by atoms with Gasteiger partial charge in [0.15, 0.2) is 0 Å². The van der Waals surface area contributed by atoms with Crippen LogP contribution in [0, 0.1) is 5.82 Å². The molecule has 4 heteroatoms. The highest BCUT2D eigenvalue weighted by atomic mass is 35.5. The first-order chi connectivity index (χ1) is 4.61. The fourth-order valence-corrected chi connectivity index (χ4v) is 0.724. The molecule has 0 aliphatic carbocycles. The van der Waals surface area contributed by atoms with E-state index in [2.05, 4.69) is 0 Å². The molecule has 1 aromatic carbocycles. The van der Waals surface area contributed by atoms with Crippen molar-refractivity contribution in [1.82, 2.24) is 0 Å². The highest BCUT2D eigenvalue weighted by Gasteiger charge is 2.03. The number of hydrogen-bond donors (Lipinski definition) is 2. The summed E-state index contributed by atoms with van der Waals surface area (Å²) in [6, 6.07) is 2.03. The normalized spacial score (nSPS) is 9.80. The Morgan fingerprint density at radius 3 is 2.60 bits per heavy atom. The van der Waals surface area contributed by atoms with E-state index in [4.69, 9.17) is 22.4 Å². The first-order valence-electron chi connectivity index (χ1n) is 2.54. The molecule has 0 aromatic heterocycles. The fraction of sp³-hybridized carbons (Fsp3) is 0. The van der Waals surface area contributed by atoms with E-state index < -0.39 is 5.82 Å². The van der Waals surface area contributed by atoms with Gasteiger partial charge in [0.05, 0.1) is 10.7 Å². The van der Waals surface area contributed by atoms with E-state index in [0.717, 1.165) is 12.1 Å². The third-order valence-corrected chi connectivity index (χ3v) is 1.36. The summed E-state index contributed by atoms with van der Waals surface area (Å²) in [5.41, 5.74) is 5.26. The maximum atomic E-state index is 12.4. The van der Waals surface area contributed by atoms with Crippen molar-refractivity contribution >= 4 is 17.3 Å². The minimum atomic E-state index is -0.673. The second-order valence-electron chi connectivity index (χ2n) is 1.83. The number of aromatic hydroxyl groups is 1. The minimum Gasteiger partial charge on any atom is -0.506 e. The molecule has 0 unspecified atom stereocenters. The van der Waals surface area contributed by atoms with Crippen molar-refractivity contribution in [3.05, 3.63) is 23.0 Å². The molecule has 0 fully saturated rings. The SMILES string of the molecule is Nc1cc(Cl)c(F)cc1O. The molecule has 0 saturated heterocycles. The average molecular weight is 162 g/mol. The number of halogens is 2. The van der Waals surface area contributed by atoms with E-state index in [0.29, 0.717) is 0 Å². The molecule has 0 amide bonds. The van der Waals surface area contributed by atoms with Gasteiger partial charge in [-0.05, 0) is 6.07 Å². The quantitative estimate of drug-likeness (QED) is 0.450. The highest BCUT2D eigenvalue weighted by molar-refractivity contribution is 6.31. The van der Waals surface area contributed by atoms with Crippen LogP contribution in [0.3, 0.4) is 0 Å². The minimum absolute atomic E-state index is 0.0754. The van der Waals surface area contributed by atoms with E-state index in [9.17, 15) is 4.39 Å². The van der Waals surface area contributed by atoms with Crippen molar-refractivity contribution in [1.29, 1.82) is 0 Å². The van der Waals surface area contributed by atoms with E-state index in [1.165, 1.54) is 0 Å². The lowest BCUT2D eigenvalue weighted by Gasteiger charge is -1.98. The molecular weight excluding hydrogens is 157 g/mol. The molecule has 54 valence electrons. The van der Waals surface area contributed by atoms with Crippen LogP contribution in [-0.4, -0.2) is 5.11 Å². The highest BCUT2D eigenvalue weighted by Crippen LogP contribution is 2.26. The van der Waals surface area contributed by atoms with Crippen molar-refractivity contribution in [2.75, 3.05) is 5.73 Å². The summed E-state index contributed by atoms with van der Waals surface area (Å²) in [4.78, 5) is 0. The Bertz CT molecular complexity index is 214. The fourth-order valence-electron chi connectivity index (χ4n) is 0.552. The summed E-state index contributed by atoms with van der Waals surface area (Å²) in [5, 5.41) is 8.71. The Labute approximate surface area is 62.0 Å². The molecule has 0 aliphatic heterocycles. The first-order valence-corrected chi connectivity index (χ1v) is 2.92. The van der Waals surface area contributed by atoms with Crippen molar-refractivity contribution < 1.29 is 9.50 Å². The zero-order chi connectivity index (χ0) is 7.72. The molecule has 0 spiro atoms. The van der Waals surface area contributed by atoms with Crippen LogP contribution in [0.4, 0.5) is 10.1 Å². The van der Waals surface area contributed by atoms with Crippen LogP contribution in [-0.2, 0) is 0 Å². The molecule has 0 heterocycles. The van der Waals surface area contributed by atoms with Gasteiger partial charge >= 0.3 is 0 Å². The Kier molecular flexibility index (Phi) is 1.68. The predicted molar refractivity (Wildman–Crippen MR) is 37.5 cm³/mol. The molecule has 0 atom stereocenters. The lowest BCUT2D eigenvalue weighted by Crippen LogP contribution is -1.86. The summed E-state index contributed by atoms with van der Waals surface area (Å²) in [6.45, 7) is 0. The van der Waals surface area contributed by atoms with E-state index in [1.54, 1.807) is 0 Å². The van der Waals surface area contributed by atoms with Crippen LogP contribution in [0.5, 0.6) is 5.75 Å². The van der Waals surface area contributed by atoms with Crippen LogP contribution in [0.15, 0.2) is 12.1 Å². The van der Waals surface area contributed by atoms with Crippen molar-refractivity contribution in [2.24, 2.45) is 0 Å². The lowest BCUT2D eigenvalue weighted by molar-refractivity contribution is 0.472. The summed E-state index contributed by atoms with van der Waals surface area (Å²) in [6.07, 6.45) is 0. The van der Waals surface area contributed by atoms with Crippen LogP contribution >= 0.6 is 11.6 Å². The smallest absolute Gasteiger partial charge is 0.145 e. The number of benzene rings is 1. The molecule has 1 rings (SSSR count). The van der Waals surface area contributed by atoms with E-state index in [-0.39, 0.29) is 16.5 Å². The summed E-state index contributed by atoms with van der Waals surface area (Å²) in [7, 11) is 0. The Morgan fingerprint density at radius 2 is 2.10 bits per heavy atom. The van der Waals surface area contributed by atoms with E-state index >= 15 is 0 Å². The number of nitrogen functional groups attached to an aromatic ring is 1. The summed E-state index contributed by atoms with van der Waals surface area (Å²) in [5.74, 6) is -0.963. The molecule has 0 saturated carbocycles. The van der Waals surface area contributed by atoms with Gasteiger partial charge in [0.2, 0.25) is 0 Å². The Morgan fingerprint density at radius 1 is 1.50 bits per heavy atom. The molecule has 0 aliphatic rings. The standard InChI is InChI=1S/C6H5ClFNO/c7-3-1-5(9)6(10)2-4(3)8/h1-2,10H,9H2. The zero-order valence-corrected chi connectivity index (χ0v) is 5.69. The maximum absolute atomic E-state index is 12.4. The van der Waals surface area contributed by atoms with Crippen molar-refractivity contribution in [3.8, 4) is 5.75 Å². The second kappa shape index (κ2) is 2.34. The largest absolute Gasteiger partial charge is 0.506 e. The topological polar surface area (TPSA) is 46.2 Å². The van der Waals surface area contributed by atoms with Crippen molar-refractivity contribution in [2.45, 2.75) is 0 Å². The van der Waals surface area contributed by atoms with Crippen LogP contribution in [0.2, 0.25) is 5.02 Å². The van der Waals surface area contributed by atoms with Crippen LogP contribution in [0.1, 0.15) is 0 Å². The number of nitrogens with two attached hydrogens (primary N) is 1. The Hall–Kier alpha value is -0.960. The molecule has 2 nitrogen and oxygen atoms in total. The molecule has 10 heavy (non-hydrogen) atoms. The van der Waals surface area contributed by atoms with Gasteiger partial charge in [0.25, 0.3) is 0 Å². The summed E-state index contributed by atoms with van der Waals surface area (Å²) < 4.78 is 12.4. The molecule has 0 radical (unpaired) electrons.